The number of sulfonamides is 1. The van der Waals surface area contributed by atoms with E-state index in [-0.39, 0.29) is 18.2 Å². The van der Waals surface area contributed by atoms with Crippen molar-refractivity contribution in [3.63, 3.8) is 0 Å². The molecule has 7 heteroatoms. The topological polar surface area (TPSA) is 92.5 Å². The lowest BCUT2D eigenvalue weighted by atomic mass is 10.2. The zero-order valence-corrected chi connectivity index (χ0v) is 11.2. The standard InChI is InChI=1S/C11H17N3O3S/c1-14(2)10-5-3-4-9(8-10)11(15)13-6-7-18(12,16)17/h3-5,8H,6-7H2,1-2H3,(H,13,15)(H2,12,16,17). The minimum atomic E-state index is -3.55. The largest absolute Gasteiger partial charge is 0.378 e. The van der Waals surface area contributed by atoms with Crippen LogP contribution in [-0.4, -0.2) is 40.7 Å². The maximum Gasteiger partial charge on any atom is 0.251 e. The highest BCUT2D eigenvalue weighted by atomic mass is 32.2. The molecule has 0 aromatic heterocycles. The maximum atomic E-state index is 11.7. The van der Waals surface area contributed by atoms with Crippen molar-refractivity contribution in [2.45, 2.75) is 0 Å². The summed E-state index contributed by atoms with van der Waals surface area (Å²) >= 11 is 0. The van der Waals surface area contributed by atoms with Crippen LogP contribution in [-0.2, 0) is 10.0 Å². The Labute approximate surface area is 107 Å². The van der Waals surface area contributed by atoms with Gasteiger partial charge in [0.1, 0.15) is 0 Å². The van der Waals surface area contributed by atoms with Crippen molar-refractivity contribution in [3.8, 4) is 0 Å². The Balaban J connectivity index is 2.64. The number of nitrogens with one attached hydrogen (secondary N) is 1. The highest BCUT2D eigenvalue weighted by Crippen LogP contribution is 2.13. The third-order valence-electron chi connectivity index (χ3n) is 2.30. The van der Waals surface area contributed by atoms with Gasteiger partial charge in [0.25, 0.3) is 5.91 Å². The van der Waals surface area contributed by atoms with Crippen LogP contribution in [0.2, 0.25) is 0 Å². The maximum absolute atomic E-state index is 11.7. The molecule has 1 rings (SSSR count). The van der Waals surface area contributed by atoms with Gasteiger partial charge in [-0.2, -0.15) is 0 Å². The summed E-state index contributed by atoms with van der Waals surface area (Å²) in [6, 6.07) is 7.04. The molecule has 0 radical (unpaired) electrons. The van der Waals surface area contributed by atoms with Crippen LogP contribution in [0.25, 0.3) is 0 Å². The molecule has 0 fully saturated rings. The number of amides is 1. The van der Waals surface area contributed by atoms with Crippen molar-refractivity contribution in [3.05, 3.63) is 29.8 Å². The van der Waals surface area contributed by atoms with Gasteiger partial charge in [-0.1, -0.05) is 6.07 Å². The average Bonchev–Trinajstić information content (AvgIpc) is 2.27. The molecule has 3 N–H and O–H groups in total. The van der Waals surface area contributed by atoms with E-state index in [1.165, 1.54) is 0 Å². The molecular weight excluding hydrogens is 254 g/mol. The van der Waals surface area contributed by atoms with Crippen molar-refractivity contribution >= 4 is 21.6 Å². The number of hydrogen-bond donors (Lipinski definition) is 2. The second-order valence-electron chi connectivity index (χ2n) is 4.07. The van der Waals surface area contributed by atoms with Crippen LogP contribution in [0.15, 0.2) is 24.3 Å². The van der Waals surface area contributed by atoms with Gasteiger partial charge in [-0.25, -0.2) is 13.6 Å². The van der Waals surface area contributed by atoms with Crippen LogP contribution in [0.3, 0.4) is 0 Å². The van der Waals surface area contributed by atoms with E-state index in [4.69, 9.17) is 5.14 Å². The minimum absolute atomic E-state index is 0.00383. The first-order valence-corrected chi connectivity index (χ1v) is 7.07. The molecule has 0 saturated heterocycles. The van der Waals surface area contributed by atoms with E-state index in [2.05, 4.69) is 5.32 Å². The summed E-state index contributed by atoms with van der Waals surface area (Å²) in [5, 5.41) is 7.34. The smallest absolute Gasteiger partial charge is 0.251 e. The number of primary sulfonamides is 1. The van der Waals surface area contributed by atoms with Crippen molar-refractivity contribution < 1.29 is 13.2 Å². The normalized spacial score (nSPS) is 11.1. The van der Waals surface area contributed by atoms with Gasteiger partial charge in [0.15, 0.2) is 0 Å². The second-order valence-corrected chi connectivity index (χ2v) is 5.80. The molecule has 0 atom stereocenters. The number of carbonyl (C=O) groups is 1. The number of nitrogens with two attached hydrogens (primary N) is 1. The summed E-state index contributed by atoms with van der Waals surface area (Å²) in [5.41, 5.74) is 1.38. The Bertz CT molecular complexity index is 526. The molecule has 18 heavy (non-hydrogen) atoms. The predicted octanol–water partition coefficient (Wildman–Crippen LogP) is -0.229. The van der Waals surface area contributed by atoms with E-state index in [9.17, 15) is 13.2 Å². The molecular formula is C11H17N3O3S. The van der Waals surface area contributed by atoms with Gasteiger partial charge in [-0.15, -0.1) is 0 Å². The Morgan fingerprint density at radius 1 is 1.39 bits per heavy atom. The molecule has 0 bridgehead atoms. The van der Waals surface area contributed by atoms with Gasteiger partial charge in [0.2, 0.25) is 10.0 Å². The number of carbonyl (C=O) groups excluding carboxylic acids is 1. The van der Waals surface area contributed by atoms with E-state index >= 15 is 0 Å². The lowest BCUT2D eigenvalue weighted by Crippen LogP contribution is -2.31. The predicted molar refractivity (Wildman–Crippen MR) is 71.1 cm³/mol. The average molecular weight is 271 g/mol. The van der Waals surface area contributed by atoms with E-state index in [1.54, 1.807) is 18.2 Å². The Hall–Kier alpha value is -1.60. The monoisotopic (exact) mass is 271 g/mol. The van der Waals surface area contributed by atoms with E-state index in [1.807, 2.05) is 25.1 Å². The lowest BCUT2D eigenvalue weighted by Gasteiger charge is -2.13. The summed E-state index contributed by atoms with van der Waals surface area (Å²) in [7, 11) is 0.200. The van der Waals surface area contributed by atoms with Crippen LogP contribution in [0.1, 0.15) is 10.4 Å². The highest BCUT2D eigenvalue weighted by Gasteiger charge is 2.08. The second kappa shape index (κ2) is 5.83. The zero-order chi connectivity index (χ0) is 13.8. The van der Waals surface area contributed by atoms with Gasteiger partial charge in [0.05, 0.1) is 5.75 Å². The van der Waals surface area contributed by atoms with Crippen LogP contribution in [0, 0.1) is 0 Å². The van der Waals surface area contributed by atoms with E-state index in [0.29, 0.717) is 5.56 Å². The number of nitrogens with zero attached hydrogens (tertiary/aromatic N) is 1. The third kappa shape index (κ3) is 4.72. The van der Waals surface area contributed by atoms with Crippen LogP contribution in [0.4, 0.5) is 5.69 Å². The zero-order valence-electron chi connectivity index (χ0n) is 10.4. The van der Waals surface area contributed by atoms with Gasteiger partial charge in [-0.05, 0) is 18.2 Å². The van der Waals surface area contributed by atoms with Crippen LogP contribution in [0.5, 0.6) is 0 Å². The molecule has 1 aromatic rings. The Kier molecular flexibility index (Phi) is 4.69. The molecule has 6 nitrogen and oxygen atoms in total. The molecule has 0 unspecified atom stereocenters. The van der Waals surface area contributed by atoms with Crippen LogP contribution < -0.4 is 15.4 Å². The van der Waals surface area contributed by atoms with Crippen molar-refractivity contribution in [2.24, 2.45) is 5.14 Å². The Morgan fingerprint density at radius 2 is 2.06 bits per heavy atom. The van der Waals surface area contributed by atoms with Gasteiger partial charge in [-0.3, -0.25) is 4.79 Å². The number of benzene rings is 1. The number of hydrogen-bond acceptors (Lipinski definition) is 4. The van der Waals surface area contributed by atoms with Gasteiger partial charge in [0, 0.05) is 31.9 Å². The molecule has 1 aromatic carbocycles. The van der Waals surface area contributed by atoms with Gasteiger partial charge >= 0.3 is 0 Å². The molecule has 0 saturated carbocycles. The molecule has 0 aliphatic heterocycles. The molecule has 0 aliphatic rings. The third-order valence-corrected chi connectivity index (χ3v) is 3.07. The molecule has 0 heterocycles. The lowest BCUT2D eigenvalue weighted by molar-refractivity contribution is 0.0956. The first-order valence-electron chi connectivity index (χ1n) is 5.35. The molecule has 1 amide bonds. The first kappa shape index (κ1) is 14.5. The van der Waals surface area contributed by atoms with E-state index < -0.39 is 10.0 Å². The SMILES string of the molecule is CN(C)c1cccc(C(=O)NCCS(N)(=O)=O)c1. The Morgan fingerprint density at radius 3 is 2.61 bits per heavy atom. The fraction of sp³-hybridized carbons (Fsp3) is 0.364. The summed E-state index contributed by atoms with van der Waals surface area (Å²) in [6.45, 7) is 0.00383. The molecule has 0 spiro atoms. The summed E-state index contributed by atoms with van der Waals surface area (Å²) in [4.78, 5) is 13.6. The quantitative estimate of drug-likeness (QED) is 0.773. The fourth-order valence-electron chi connectivity index (χ4n) is 1.33. The molecule has 100 valence electrons. The van der Waals surface area contributed by atoms with Crippen molar-refractivity contribution in [1.29, 1.82) is 0 Å². The number of rotatable bonds is 5. The highest BCUT2D eigenvalue weighted by molar-refractivity contribution is 7.89. The number of anilines is 1. The molecule has 0 aliphatic carbocycles. The fourth-order valence-corrected chi connectivity index (χ4v) is 1.72. The summed E-state index contributed by atoms with van der Waals surface area (Å²) in [5.74, 6) is -0.589. The summed E-state index contributed by atoms with van der Waals surface area (Å²) < 4.78 is 21.4. The minimum Gasteiger partial charge on any atom is -0.378 e. The van der Waals surface area contributed by atoms with Crippen LogP contribution >= 0.6 is 0 Å². The van der Waals surface area contributed by atoms with Crippen molar-refractivity contribution in [1.82, 2.24) is 5.32 Å². The van der Waals surface area contributed by atoms with E-state index in [0.717, 1.165) is 5.69 Å². The summed E-state index contributed by atoms with van der Waals surface area (Å²) in [6.07, 6.45) is 0. The van der Waals surface area contributed by atoms with Gasteiger partial charge < -0.3 is 10.2 Å². The first-order chi connectivity index (χ1) is 8.29. The van der Waals surface area contributed by atoms with Crippen molar-refractivity contribution in [2.75, 3.05) is 31.3 Å².